The van der Waals surface area contributed by atoms with E-state index in [0.29, 0.717) is 10.7 Å². The molecule has 1 heterocycles. The topological polar surface area (TPSA) is 42.2 Å². The van der Waals surface area contributed by atoms with Gasteiger partial charge in [0, 0.05) is 22.5 Å². The van der Waals surface area contributed by atoms with Crippen LogP contribution in [0.1, 0.15) is 17.0 Å². The summed E-state index contributed by atoms with van der Waals surface area (Å²) in [4.78, 5) is 10.6. The zero-order valence-corrected chi connectivity index (χ0v) is 11.8. The Hall–Kier alpha value is -2.07. The molecule has 104 valence electrons. The van der Waals surface area contributed by atoms with Crippen LogP contribution in [-0.4, -0.2) is 15.6 Å². The number of carboxylic acids is 1. The number of carbonyl (C=O) groups is 1. The first-order valence-corrected chi connectivity index (χ1v) is 6.33. The molecule has 1 N–H and O–H groups in total. The Balaban J connectivity index is 2.55. The molecule has 1 aromatic carbocycles. The maximum absolute atomic E-state index is 14.0. The van der Waals surface area contributed by atoms with Crippen molar-refractivity contribution in [1.29, 1.82) is 0 Å². The van der Waals surface area contributed by atoms with Gasteiger partial charge in [0.1, 0.15) is 5.82 Å². The summed E-state index contributed by atoms with van der Waals surface area (Å²) in [6, 6.07) is 6.28. The van der Waals surface area contributed by atoms with Gasteiger partial charge in [-0.15, -0.1) is 0 Å². The number of aromatic nitrogens is 1. The summed E-state index contributed by atoms with van der Waals surface area (Å²) in [5.41, 5.74) is 2.70. The van der Waals surface area contributed by atoms with Gasteiger partial charge < -0.3 is 9.67 Å². The first-order chi connectivity index (χ1) is 9.40. The van der Waals surface area contributed by atoms with E-state index in [9.17, 15) is 9.18 Å². The number of halogens is 2. The second-order valence-corrected chi connectivity index (χ2v) is 4.87. The van der Waals surface area contributed by atoms with Crippen LogP contribution in [-0.2, 0) is 4.79 Å². The van der Waals surface area contributed by atoms with Gasteiger partial charge in [0.2, 0.25) is 0 Å². The third-order valence-electron chi connectivity index (χ3n) is 3.03. The molecule has 0 bridgehead atoms. The summed E-state index contributed by atoms with van der Waals surface area (Å²) in [5, 5.41) is 9.00. The molecule has 0 aliphatic heterocycles. The average molecular weight is 294 g/mol. The van der Waals surface area contributed by atoms with Crippen LogP contribution in [0.5, 0.6) is 0 Å². The van der Waals surface area contributed by atoms with E-state index < -0.39 is 11.8 Å². The van der Waals surface area contributed by atoms with Gasteiger partial charge in [0.25, 0.3) is 0 Å². The van der Waals surface area contributed by atoms with Gasteiger partial charge in [-0.1, -0.05) is 11.6 Å². The summed E-state index contributed by atoms with van der Waals surface area (Å²) < 4.78 is 15.7. The first kappa shape index (κ1) is 14.3. The smallest absolute Gasteiger partial charge is 0.328 e. The van der Waals surface area contributed by atoms with Crippen molar-refractivity contribution in [3.05, 3.63) is 58.1 Å². The lowest BCUT2D eigenvalue weighted by molar-refractivity contribution is -0.131. The lowest BCUT2D eigenvalue weighted by Gasteiger charge is -2.11. The summed E-state index contributed by atoms with van der Waals surface area (Å²) in [5.74, 6) is -1.44. The first-order valence-electron chi connectivity index (χ1n) is 5.95. The molecule has 0 aliphatic carbocycles. The molecule has 0 spiro atoms. The second-order valence-electron chi connectivity index (χ2n) is 4.43. The second kappa shape index (κ2) is 5.51. The van der Waals surface area contributed by atoms with E-state index in [1.807, 2.05) is 19.9 Å². The Morgan fingerprint density at radius 1 is 1.35 bits per heavy atom. The minimum Gasteiger partial charge on any atom is -0.478 e. The molecule has 0 saturated heterocycles. The van der Waals surface area contributed by atoms with Crippen molar-refractivity contribution in [1.82, 2.24) is 4.57 Å². The van der Waals surface area contributed by atoms with E-state index >= 15 is 0 Å². The monoisotopic (exact) mass is 293 g/mol. The summed E-state index contributed by atoms with van der Waals surface area (Å²) in [7, 11) is 0. The molecule has 0 unspecified atom stereocenters. The normalized spacial score (nSPS) is 11.2. The quantitative estimate of drug-likeness (QED) is 0.870. The minimum absolute atomic E-state index is 0.333. The molecular weight excluding hydrogens is 281 g/mol. The maximum Gasteiger partial charge on any atom is 0.328 e. The zero-order valence-electron chi connectivity index (χ0n) is 11.0. The fourth-order valence-electron chi connectivity index (χ4n) is 2.15. The number of rotatable bonds is 3. The third-order valence-corrected chi connectivity index (χ3v) is 3.26. The van der Waals surface area contributed by atoms with Crippen LogP contribution in [0.3, 0.4) is 0 Å². The van der Waals surface area contributed by atoms with E-state index in [1.165, 1.54) is 12.1 Å². The molecule has 0 atom stereocenters. The number of benzene rings is 1. The number of nitrogens with zero attached hydrogens (tertiary/aromatic N) is 1. The molecule has 2 rings (SSSR count). The molecule has 0 aliphatic rings. The van der Waals surface area contributed by atoms with Gasteiger partial charge in [0.05, 0.1) is 5.69 Å². The van der Waals surface area contributed by atoms with Crippen LogP contribution in [0.25, 0.3) is 11.8 Å². The van der Waals surface area contributed by atoms with Crippen LogP contribution in [0, 0.1) is 19.7 Å². The van der Waals surface area contributed by atoms with Crippen LogP contribution >= 0.6 is 11.6 Å². The predicted molar refractivity (Wildman–Crippen MR) is 76.9 cm³/mol. The molecule has 2 aromatic rings. The lowest BCUT2D eigenvalue weighted by atomic mass is 10.2. The largest absolute Gasteiger partial charge is 0.478 e. The molecule has 20 heavy (non-hydrogen) atoms. The molecular formula is C15H13ClFNO2. The summed E-state index contributed by atoms with van der Waals surface area (Å²) in [6.45, 7) is 3.64. The Morgan fingerprint density at radius 2 is 2.05 bits per heavy atom. The van der Waals surface area contributed by atoms with Crippen molar-refractivity contribution in [3.63, 3.8) is 0 Å². The molecule has 0 amide bonds. The highest BCUT2D eigenvalue weighted by atomic mass is 35.5. The predicted octanol–water partition coefficient (Wildman–Crippen LogP) is 3.98. The van der Waals surface area contributed by atoms with Gasteiger partial charge in [-0.2, -0.15) is 0 Å². The van der Waals surface area contributed by atoms with Gasteiger partial charge in [-0.05, 0) is 49.8 Å². The Morgan fingerprint density at radius 3 is 2.65 bits per heavy atom. The van der Waals surface area contributed by atoms with Crippen LogP contribution in [0.15, 0.2) is 30.3 Å². The van der Waals surface area contributed by atoms with Crippen molar-refractivity contribution in [2.24, 2.45) is 0 Å². The maximum atomic E-state index is 14.0. The molecule has 0 radical (unpaired) electrons. The van der Waals surface area contributed by atoms with Crippen molar-refractivity contribution < 1.29 is 14.3 Å². The molecule has 5 heteroatoms. The highest BCUT2D eigenvalue weighted by Gasteiger charge is 2.12. The average Bonchev–Trinajstić information content (AvgIpc) is 2.63. The van der Waals surface area contributed by atoms with E-state index in [-0.39, 0.29) is 0 Å². The molecule has 1 aromatic heterocycles. The summed E-state index contributed by atoms with van der Waals surface area (Å²) in [6.07, 6.45) is 2.55. The Bertz CT molecular complexity index is 704. The van der Waals surface area contributed by atoms with Crippen molar-refractivity contribution in [3.8, 4) is 5.69 Å². The number of hydrogen-bond acceptors (Lipinski definition) is 1. The molecule has 0 fully saturated rings. The van der Waals surface area contributed by atoms with Gasteiger partial charge in [0.15, 0.2) is 0 Å². The third kappa shape index (κ3) is 2.75. The Kier molecular flexibility index (Phi) is 3.95. The van der Waals surface area contributed by atoms with Crippen molar-refractivity contribution >= 4 is 23.6 Å². The van der Waals surface area contributed by atoms with Crippen LogP contribution in [0.2, 0.25) is 5.02 Å². The van der Waals surface area contributed by atoms with Gasteiger partial charge in [-0.25, -0.2) is 9.18 Å². The number of aliphatic carboxylic acids is 1. The van der Waals surface area contributed by atoms with E-state index in [2.05, 4.69) is 0 Å². The fraction of sp³-hybridized carbons (Fsp3) is 0.133. The lowest BCUT2D eigenvalue weighted by Crippen LogP contribution is -2.02. The van der Waals surface area contributed by atoms with Crippen molar-refractivity contribution in [2.75, 3.05) is 0 Å². The fourth-order valence-corrected chi connectivity index (χ4v) is 2.31. The Labute approximate surface area is 120 Å². The van der Waals surface area contributed by atoms with Crippen LogP contribution in [0.4, 0.5) is 4.39 Å². The summed E-state index contributed by atoms with van der Waals surface area (Å²) >= 11 is 5.75. The molecule has 3 nitrogen and oxygen atoms in total. The zero-order chi connectivity index (χ0) is 14.9. The van der Waals surface area contributed by atoms with Gasteiger partial charge in [-0.3, -0.25) is 0 Å². The SMILES string of the molecule is Cc1cc(/C=C/C(=O)O)c(C)n1-c1ccc(Cl)cc1F. The van der Waals surface area contributed by atoms with E-state index in [4.69, 9.17) is 16.7 Å². The van der Waals surface area contributed by atoms with E-state index in [0.717, 1.165) is 23.0 Å². The number of aryl methyl sites for hydroxylation is 1. The highest BCUT2D eigenvalue weighted by Crippen LogP contribution is 2.25. The standard InChI is InChI=1S/C15H13ClFNO2/c1-9-7-11(3-6-15(19)20)10(2)18(9)14-5-4-12(16)8-13(14)17/h3-8H,1-2H3,(H,19,20)/b6-3+. The number of carboxylic acid groups (broad SMARTS) is 1. The van der Waals surface area contributed by atoms with E-state index in [1.54, 1.807) is 16.7 Å². The van der Waals surface area contributed by atoms with Gasteiger partial charge >= 0.3 is 5.97 Å². The minimum atomic E-state index is -1.02. The van der Waals surface area contributed by atoms with Crippen LogP contribution < -0.4 is 0 Å². The highest BCUT2D eigenvalue weighted by molar-refractivity contribution is 6.30. The number of hydrogen-bond donors (Lipinski definition) is 1. The van der Waals surface area contributed by atoms with Crippen molar-refractivity contribution in [2.45, 2.75) is 13.8 Å². The molecule has 0 saturated carbocycles.